The van der Waals surface area contributed by atoms with Gasteiger partial charge in [0.1, 0.15) is 0 Å². The molecule has 0 saturated heterocycles. The van der Waals surface area contributed by atoms with Crippen molar-refractivity contribution in [2.45, 2.75) is 13.5 Å². The van der Waals surface area contributed by atoms with Crippen molar-refractivity contribution in [3.8, 4) is 0 Å². The summed E-state index contributed by atoms with van der Waals surface area (Å²) in [5.41, 5.74) is 2.33. The van der Waals surface area contributed by atoms with Gasteiger partial charge in [-0.3, -0.25) is 0 Å². The maximum absolute atomic E-state index is 5.49. The van der Waals surface area contributed by atoms with Gasteiger partial charge in [-0.1, -0.05) is 24.3 Å². The van der Waals surface area contributed by atoms with E-state index in [9.17, 15) is 0 Å². The lowest BCUT2D eigenvalue weighted by molar-refractivity contribution is 0.354. The molecule has 66 valence electrons. The van der Waals surface area contributed by atoms with E-state index < -0.39 is 6.85 Å². The van der Waals surface area contributed by atoms with E-state index in [1.54, 1.807) is 0 Å². The van der Waals surface area contributed by atoms with Crippen molar-refractivity contribution in [3.63, 3.8) is 0 Å². The summed E-state index contributed by atoms with van der Waals surface area (Å²) in [5, 5.41) is 0. The average molecular weight is 223 g/mol. The van der Waals surface area contributed by atoms with E-state index >= 15 is 0 Å². The summed E-state index contributed by atoms with van der Waals surface area (Å²) in [6, 6.07) is 7.99. The molecule has 0 saturated carbocycles. The SMILES string of the molecule is Cc1ccccc1COP(Cl)Cl. The Morgan fingerprint density at radius 1 is 1.33 bits per heavy atom. The van der Waals surface area contributed by atoms with Crippen LogP contribution < -0.4 is 0 Å². The minimum Gasteiger partial charge on any atom is -0.327 e. The summed E-state index contributed by atoms with van der Waals surface area (Å²) in [5.74, 6) is 0. The summed E-state index contributed by atoms with van der Waals surface area (Å²) in [7, 11) is 0. The smallest absolute Gasteiger partial charge is 0.225 e. The molecule has 1 nitrogen and oxygen atoms in total. The van der Waals surface area contributed by atoms with Crippen LogP contribution in [0.15, 0.2) is 24.3 Å². The molecule has 0 aliphatic rings. The monoisotopic (exact) mass is 222 g/mol. The fraction of sp³-hybridized carbons (Fsp3) is 0.250. The van der Waals surface area contributed by atoms with Gasteiger partial charge in [-0.05, 0) is 40.5 Å². The normalized spacial score (nSPS) is 10.7. The van der Waals surface area contributed by atoms with Crippen molar-refractivity contribution in [1.29, 1.82) is 0 Å². The first-order chi connectivity index (χ1) is 5.70. The van der Waals surface area contributed by atoms with Crippen LogP contribution in [0.1, 0.15) is 11.1 Å². The van der Waals surface area contributed by atoms with Crippen LogP contribution in [0.5, 0.6) is 0 Å². The van der Waals surface area contributed by atoms with Gasteiger partial charge in [0.2, 0.25) is 6.85 Å². The van der Waals surface area contributed by atoms with Crippen LogP contribution in [0.3, 0.4) is 0 Å². The molecule has 4 heteroatoms. The molecule has 0 atom stereocenters. The molecule has 0 aliphatic carbocycles. The molecule has 1 rings (SSSR count). The topological polar surface area (TPSA) is 9.23 Å². The highest BCUT2D eigenvalue weighted by Crippen LogP contribution is 2.48. The van der Waals surface area contributed by atoms with Crippen LogP contribution in [-0.2, 0) is 11.1 Å². The number of rotatable bonds is 3. The number of halogens is 2. The molecule has 1 aromatic rings. The van der Waals surface area contributed by atoms with Crippen molar-refractivity contribution in [1.82, 2.24) is 0 Å². The molecule has 0 amide bonds. The molecule has 0 radical (unpaired) electrons. The summed E-state index contributed by atoms with van der Waals surface area (Å²) in [6.45, 7) is 1.23. The third-order valence-corrected chi connectivity index (χ3v) is 2.49. The molecule has 0 unspecified atom stereocenters. The second-order valence-electron chi connectivity index (χ2n) is 2.40. The molecule has 0 aliphatic heterocycles. The van der Waals surface area contributed by atoms with Gasteiger partial charge in [0.05, 0.1) is 6.61 Å². The second kappa shape index (κ2) is 5.04. The molecule has 0 spiro atoms. The zero-order chi connectivity index (χ0) is 8.97. The highest BCUT2D eigenvalue weighted by molar-refractivity contribution is 8.00. The van der Waals surface area contributed by atoms with E-state index in [0.717, 1.165) is 5.56 Å². The van der Waals surface area contributed by atoms with Gasteiger partial charge in [0.25, 0.3) is 0 Å². The van der Waals surface area contributed by atoms with E-state index in [2.05, 4.69) is 0 Å². The Morgan fingerprint density at radius 3 is 2.58 bits per heavy atom. The van der Waals surface area contributed by atoms with E-state index in [0.29, 0.717) is 6.61 Å². The van der Waals surface area contributed by atoms with Gasteiger partial charge in [-0.15, -0.1) is 0 Å². The molecule has 12 heavy (non-hydrogen) atoms. The van der Waals surface area contributed by atoms with Gasteiger partial charge in [0.15, 0.2) is 0 Å². The molecular weight excluding hydrogens is 214 g/mol. The van der Waals surface area contributed by atoms with E-state index in [1.165, 1.54) is 5.56 Å². The Labute approximate surface area is 83.1 Å². The molecule has 0 heterocycles. The van der Waals surface area contributed by atoms with Gasteiger partial charge < -0.3 is 4.52 Å². The summed E-state index contributed by atoms with van der Waals surface area (Å²) in [6.07, 6.45) is 0. The largest absolute Gasteiger partial charge is 0.327 e. The Bertz CT molecular complexity index is 253. The van der Waals surface area contributed by atoms with Crippen molar-refractivity contribution < 1.29 is 4.52 Å². The minimum absolute atomic E-state index is 0.491. The zero-order valence-electron chi connectivity index (χ0n) is 6.63. The standard InChI is InChI=1S/C8H9Cl2OP/c1-7-4-2-3-5-8(7)6-11-12(9)10/h2-5H,6H2,1H3. The van der Waals surface area contributed by atoms with Crippen LogP contribution in [0.25, 0.3) is 0 Å². The van der Waals surface area contributed by atoms with Crippen LogP contribution in [0.2, 0.25) is 0 Å². The van der Waals surface area contributed by atoms with E-state index in [1.807, 2.05) is 31.2 Å². The lowest BCUT2D eigenvalue weighted by Gasteiger charge is -2.05. The van der Waals surface area contributed by atoms with Gasteiger partial charge in [-0.2, -0.15) is 0 Å². The third kappa shape index (κ3) is 3.28. The predicted molar refractivity (Wildman–Crippen MR) is 54.6 cm³/mol. The van der Waals surface area contributed by atoms with Crippen molar-refractivity contribution in [3.05, 3.63) is 35.4 Å². The number of aryl methyl sites for hydroxylation is 1. The van der Waals surface area contributed by atoms with Gasteiger partial charge >= 0.3 is 0 Å². The summed E-state index contributed by atoms with van der Waals surface area (Å²) in [4.78, 5) is 0. The summed E-state index contributed by atoms with van der Waals surface area (Å²) >= 11 is 11.0. The first-order valence-corrected chi connectivity index (χ1v) is 6.56. The fourth-order valence-electron chi connectivity index (χ4n) is 0.890. The molecule has 0 N–H and O–H groups in total. The van der Waals surface area contributed by atoms with Gasteiger partial charge in [-0.25, -0.2) is 0 Å². The third-order valence-electron chi connectivity index (χ3n) is 1.58. The van der Waals surface area contributed by atoms with Crippen molar-refractivity contribution >= 4 is 29.3 Å². The minimum atomic E-state index is -1.29. The Kier molecular flexibility index (Phi) is 4.31. The van der Waals surface area contributed by atoms with Crippen molar-refractivity contribution in [2.75, 3.05) is 0 Å². The van der Waals surface area contributed by atoms with E-state index in [-0.39, 0.29) is 0 Å². The number of hydrogen-bond donors (Lipinski definition) is 0. The highest BCUT2D eigenvalue weighted by atomic mass is 35.9. The van der Waals surface area contributed by atoms with E-state index in [4.69, 9.17) is 27.0 Å². The Balaban J connectivity index is 2.57. The van der Waals surface area contributed by atoms with Crippen LogP contribution >= 0.6 is 29.3 Å². The summed E-state index contributed by atoms with van der Waals surface area (Å²) < 4.78 is 5.10. The molecule has 0 bridgehead atoms. The first kappa shape index (κ1) is 10.3. The predicted octanol–water partition coefficient (Wildman–Crippen LogP) is 4.22. The van der Waals surface area contributed by atoms with Crippen LogP contribution in [-0.4, -0.2) is 0 Å². The van der Waals surface area contributed by atoms with Crippen LogP contribution in [0.4, 0.5) is 0 Å². The maximum atomic E-state index is 5.49. The Morgan fingerprint density at radius 2 is 2.00 bits per heavy atom. The van der Waals surface area contributed by atoms with Crippen LogP contribution in [0, 0.1) is 6.92 Å². The second-order valence-corrected chi connectivity index (χ2v) is 5.43. The lowest BCUT2D eigenvalue weighted by Crippen LogP contribution is -1.88. The van der Waals surface area contributed by atoms with Gasteiger partial charge in [0, 0.05) is 0 Å². The average Bonchev–Trinajstić information content (AvgIpc) is 2.03. The molecule has 1 aromatic carbocycles. The number of hydrogen-bond acceptors (Lipinski definition) is 1. The molecular formula is C8H9Cl2OP. The molecule has 0 aromatic heterocycles. The first-order valence-electron chi connectivity index (χ1n) is 3.49. The Hall–Kier alpha value is 0.190. The number of benzene rings is 1. The highest BCUT2D eigenvalue weighted by Gasteiger charge is 2.01. The fourth-order valence-corrected chi connectivity index (χ4v) is 1.42. The van der Waals surface area contributed by atoms with Crippen molar-refractivity contribution in [2.24, 2.45) is 0 Å². The zero-order valence-corrected chi connectivity index (χ0v) is 9.03. The molecule has 0 fully saturated rings. The lowest BCUT2D eigenvalue weighted by atomic mass is 10.1. The quantitative estimate of drug-likeness (QED) is 0.697. The maximum Gasteiger partial charge on any atom is 0.225 e.